The highest BCUT2D eigenvalue weighted by atomic mass is 32.2. The summed E-state index contributed by atoms with van der Waals surface area (Å²) in [6, 6.07) is 0. The van der Waals surface area contributed by atoms with Crippen molar-refractivity contribution >= 4 is 17.7 Å². The Bertz CT molecular complexity index is 264. The van der Waals surface area contributed by atoms with Crippen LogP contribution in [0.2, 0.25) is 0 Å². The number of rotatable bonds is 6. The van der Waals surface area contributed by atoms with Gasteiger partial charge in [-0.1, -0.05) is 23.9 Å². The zero-order valence-electron chi connectivity index (χ0n) is 9.26. The van der Waals surface area contributed by atoms with Crippen LogP contribution in [0.5, 0.6) is 0 Å². The van der Waals surface area contributed by atoms with Crippen LogP contribution >= 0.6 is 11.8 Å². The van der Waals surface area contributed by atoms with Gasteiger partial charge < -0.3 is 10.6 Å². The van der Waals surface area contributed by atoms with Crippen molar-refractivity contribution in [2.45, 2.75) is 6.92 Å². The second-order valence-electron chi connectivity index (χ2n) is 2.75. The van der Waals surface area contributed by atoms with Gasteiger partial charge in [-0.05, 0) is 20.2 Å². The molecule has 0 aromatic rings. The SMILES string of the molecule is C/C=C/C(C(=O)NCCNC)=C(/F)SC. The lowest BCUT2D eigenvalue weighted by molar-refractivity contribution is -0.117. The topological polar surface area (TPSA) is 41.1 Å². The molecule has 0 aliphatic heterocycles. The van der Waals surface area contributed by atoms with Crippen molar-refractivity contribution < 1.29 is 9.18 Å². The molecule has 1 amide bonds. The maximum atomic E-state index is 13.3. The Morgan fingerprint density at radius 3 is 2.60 bits per heavy atom. The van der Waals surface area contributed by atoms with E-state index in [4.69, 9.17) is 0 Å². The van der Waals surface area contributed by atoms with Crippen molar-refractivity contribution in [1.82, 2.24) is 10.6 Å². The minimum absolute atomic E-state index is 0.0844. The Kier molecular flexibility index (Phi) is 8.04. The molecule has 0 aliphatic rings. The van der Waals surface area contributed by atoms with Gasteiger partial charge in [-0.3, -0.25) is 4.79 Å². The van der Waals surface area contributed by atoms with Gasteiger partial charge in [0, 0.05) is 13.1 Å². The Morgan fingerprint density at radius 2 is 2.13 bits per heavy atom. The average molecular weight is 232 g/mol. The molecule has 0 fully saturated rings. The molecule has 3 nitrogen and oxygen atoms in total. The molecule has 0 radical (unpaired) electrons. The van der Waals surface area contributed by atoms with Gasteiger partial charge in [-0.2, -0.15) is 4.39 Å². The molecule has 0 unspecified atom stereocenters. The molecule has 0 heterocycles. The number of halogens is 1. The van der Waals surface area contributed by atoms with Crippen LogP contribution in [0.3, 0.4) is 0 Å². The van der Waals surface area contributed by atoms with E-state index in [2.05, 4.69) is 10.6 Å². The fourth-order valence-electron chi connectivity index (χ4n) is 0.903. The number of carbonyl (C=O) groups is 1. The highest BCUT2D eigenvalue weighted by molar-refractivity contribution is 8.02. The third-order valence-corrected chi connectivity index (χ3v) is 2.21. The monoisotopic (exact) mass is 232 g/mol. The minimum Gasteiger partial charge on any atom is -0.351 e. The number of amides is 1. The van der Waals surface area contributed by atoms with E-state index in [0.717, 1.165) is 11.8 Å². The van der Waals surface area contributed by atoms with Crippen molar-refractivity contribution in [3.63, 3.8) is 0 Å². The van der Waals surface area contributed by atoms with Gasteiger partial charge >= 0.3 is 0 Å². The van der Waals surface area contributed by atoms with E-state index in [-0.39, 0.29) is 11.5 Å². The number of nitrogens with one attached hydrogen (secondary N) is 2. The van der Waals surface area contributed by atoms with E-state index in [1.54, 1.807) is 26.3 Å². The van der Waals surface area contributed by atoms with Crippen LogP contribution in [0.15, 0.2) is 22.9 Å². The fourth-order valence-corrected chi connectivity index (χ4v) is 1.28. The number of hydrogen-bond acceptors (Lipinski definition) is 3. The lowest BCUT2D eigenvalue weighted by atomic mass is 10.2. The lowest BCUT2D eigenvalue weighted by Gasteiger charge is -2.06. The number of thioether (sulfide) groups is 1. The van der Waals surface area contributed by atoms with Crippen molar-refractivity contribution in [2.24, 2.45) is 0 Å². The summed E-state index contributed by atoms with van der Waals surface area (Å²) in [5.74, 6) is -0.379. The summed E-state index contributed by atoms with van der Waals surface area (Å²) in [4.78, 5) is 11.5. The predicted octanol–water partition coefficient (Wildman–Crippen LogP) is 1.44. The second kappa shape index (κ2) is 8.49. The summed E-state index contributed by atoms with van der Waals surface area (Å²) >= 11 is 0.926. The number of hydrogen-bond donors (Lipinski definition) is 2. The van der Waals surface area contributed by atoms with Gasteiger partial charge in [-0.15, -0.1) is 0 Å². The molecular formula is C10H17FN2OS. The average Bonchev–Trinajstić information content (AvgIpc) is 2.25. The predicted molar refractivity (Wildman–Crippen MR) is 63.4 cm³/mol. The van der Waals surface area contributed by atoms with Gasteiger partial charge in [0.15, 0.2) is 5.16 Å². The molecule has 0 atom stereocenters. The molecule has 2 N–H and O–H groups in total. The normalized spacial score (nSPS) is 12.8. The molecular weight excluding hydrogens is 215 g/mol. The summed E-state index contributed by atoms with van der Waals surface area (Å²) in [6.07, 6.45) is 4.71. The Balaban J connectivity index is 4.44. The molecule has 0 aromatic carbocycles. The first-order chi connectivity index (χ1) is 7.17. The maximum absolute atomic E-state index is 13.3. The molecule has 0 spiro atoms. The van der Waals surface area contributed by atoms with Crippen LogP contribution < -0.4 is 10.6 Å². The van der Waals surface area contributed by atoms with Crippen molar-refractivity contribution in [3.8, 4) is 0 Å². The number of allylic oxidation sites excluding steroid dienone is 1. The second-order valence-corrected chi connectivity index (χ2v) is 3.52. The van der Waals surface area contributed by atoms with Crippen LogP contribution in [-0.4, -0.2) is 32.3 Å². The highest BCUT2D eigenvalue weighted by Crippen LogP contribution is 2.19. The van der Waals surface area contributed by atoms with Crippen molar-refractivity contribution in [2.75, 3.05) is 26.4 Å². The van der Waals surface area contributed by atoms with E-state index in [1.165, 1.54) is 6.08 Å². The minimum atomic E-state index is -0.463. The van der Waals surface area contributed by atoms with Gasteiger partial charge in [0.1, 0.15) is 0 Å². The number of likely N-dealkylation sites (N-methyl/N-ethyl adjacent to an activating group) is 1. The van der Waals surface area contributed by atoms with E-state index >= 15 is 0 Å². The van der Waals surface area contributed by atoms with E-state index < -0.39 is 5.16 Å². The fraction of sp³-hybridized carbons (Fsp3) is 0.500. The first-order valence-corrected chi connectivity index (χ1v) is 5.89. The highest BCUT2D eigenvalue weighted by Gasteiger charge is 2.11. The Hall–Kier alpha value is -0.810. The van der Waals surface area contributed by atoms with Gasteiger partial charge in [0.2, 0.25) is 0 Å². The van der Waals surface area contributed by atoms with Gasteiger partial charge in [0.05, 0.1) is 5.57 Å². The van der Waals surface area contributed by atoms with E-state index in [1.807, 2.05) is 0 Å². The number of carbonyl (C=O) groups excluding carboxylic acids is 1. The molecule has 0 bridgehead atoms. The molecule has 0 rings (SSSR count). The first kappa shape index (κ1) is 14.2. The van der Waals surface area contributed by atoms with Gasteiger partial charge in [-0.25, -0.2) is 0 Å². The molecule has 15 heavy (non-hydrogen) atoms. The van der Waals surface area contributed by atoms with Gasteiger partial charge in [0.25, 0.3) is 5.91 Å². The largest absolute Gasteiger partial charge is 0.351 e. The van der Waals surface area contributed by atoms with E-state index in [0.29, 0.717) is 13.1 Å². The summed E-state index contributed by atoms with van der Waals surface area (Å²) < 4.78 is 13.3. The van der Waals surface area contributed by atoms with Crippen molar-refractivity contribution in [1.29, 1.82) is 0 Å². The molecule has 5 heteroatoms. The summed E-state index contributed by atoms with van der Waals surface area (Å²) in [5, 5.41) is 5.05. The van der Waals surface area contributed by atoms with Crippen LogP contribution in [0.25, 0.3) is 0 Å². The third kappa shape index (κ3) is 5.59. The van der Waals surface area contributed by atoms with E-state index in [9.17, 15) is 9.18 Å². The molecule has 0 saturated carbocycles. The van der Waals surface area contributed by atoms with Crippen LogP contribution in [-0.2, 0) is 4.79 Å². The van der Waals surface area contributed by atoms with Crippen LogP contribution in [0.1, 0.15) is 6.92 Å². The third-order valence-electron chi connectivity index (χ3n) is 1.63. The zero-order valence-corrected chi connectivity index (χ0v) is 10.1. The van der Waals surface area contributed by atoms with Crippen LogP contribution in [0, 0.1) is 0 Å². The smallest absolute Gasteiger partial charge is 0.254 e. The standard InChI is InChI=1S/C10H17FN2OS/c1-4-5-8(9(11)15-3)10(14)13-7-6-12-2/h4-5,12H,6-7H2,1-3H3,(H,13,14)/b5-4+,9-8+. The lowest BCUT2D eigenvalue weighted by Crippen LogP contribution is -2.31. The maximum Gasteiger partial charge on any atom is 0.254 e. The molecule has 0 saturated heterocycles. The summed E-state index contributed by atoms with van der Waals surface area (Å²) in [7, 11) is 1.79. The quantitative estimate of drug-likeness (QED) is 0.414. The molecule has 0 aliphatic carbocycles. The Morgan fingerprint density at radius 1 is 1.47 bits per heavy atom. The first-order valence-electron chi connectivity index (χ1n) is 4.66. The Labute approximate surface area is 94.2 Å². The molecule has 0 aromatic heterocycles. The molecule has 86 valence electrons. The summed E-state index contributed by atoms with van der Waals surface area (Å²) in [5.41, 5.74) is 0.0844. The van der Waals surface area contributed by atoms with Crippen LogP contribution in [0.4, 0.5) is 4.39 Å². The summed E-state index contributed by atoms with van der Waals surface area (Å²) in [6.45, 7) is 2.89. The van der Waals surface area contributed by atoms with Crippen molar-refractivity contribution in [3.05, 3.63) is 22.9 Å². The zero-order chi connectivity index (χ0) is 11.7.